The van der Waals surface area contributed by atoms with E-state index in [9.17, 15) is 4.79 Å². The van der Waals surface area contributed by atoms with Crippen molar-refractivity contribution in [3.8, 4) is 11.1 Å². The number of anilines is 1. The molecule has 1 unspecified atom stereocenters. The minimum atomic E-state index is 0.149. The third kappa shape index (κ3) is 3.37. The molecule has 0 saturated carbocycles. The van der Waals surface area contributed by atoms with E-state index in [1.165, 1.54) is 0 Å². The Morgan fingerprint density at radius 1 is 1.22 bits per heavy atom. The first-order valence-corrected chi connectivity index (χ1v) is 8.10. The first kappa shape index (κ1) is 15.6. The minimum Gasteiger partial charge on any atom is -0.398 e. The van der Waals surface area contributed by atoms with E-state index in [1.54, 1.807) is 0 Å². The van der Waals surface area contributed by atoms with Crippen LogP contribution in [0.4, 0.5) is 5.69 Å². The van der Waals surface area contributed by atoms with E-state index in [-0.39, 0.29) is 11.9 Å². The summed E-state index contributed by atoms with van der Waals surface area (Å²) in [6.07, 6.45) is 0.358. The van der Waals surface area contributed by atoms with Gasteiger partial charge >= 0.3 is 0 Å². The molecule has 3 N–H and O–H groups in total. The number of piperazine rings is 1. The zero-order valence-corrected chi connectivity index (χ0v) is 13.5. The number of nitrogens with zero attached hydrogens (tertiary/aromatic N) is 1. The second-order valence-electron chi connectivity index (χ2n) is 6.06. The first-order valence-electron chi connectivity index (χ1n) is 8.10. The van der Waals surface area contributed by atoms with Gasteiger partial charge in [0.25, 0.3) is 0 Å². The van der Waals surface area contributed by atoms with Crippen molar-refractivity contribution in [2.75, 3.05) is 25.4 Å². The Bertz CT molecular complexity index is 684. The molecule has 1 aliphatic rings. The molecule has 1 fully saturated rings. The number of benzene rings is 2. The van der Waals surface area contributed by atoms with Crippen LogP contribution in [0.15, 0.2) is 48.5 Å². The summed E-state index contributed by atoms with van der Waals surface area (Å²) in [4.78, 5) is 14.6. The number of carbonyl (C=O) groups excluding carboxylic acids is 1. The van der Waals surface area contributed by atoms with E-state index in [0.29, 0.717) is 12.1 Å². The van der Waals surface area contributed by atoms with E-state index >= 15 is 0 Å². The molecule has 3 rings (SSSR count). The lowest BCUT2D eigenvalue weighted by molar-refractivity contribution is -0.133. The lowest BCUT2D eigenvalue weighted by Gasteiger charge is -2.34. The van der Waals surface area contributed by atoms with E-state index in [1.807, 2.05) is 53.4 Å². The van der Waals surface area contributed by atoms with Gasteiger partial charge in [0.1, 0.15) is 0 Å². The fourth-order valence-corrected chi connectivity index (χ4v) is 3.11. The third-order valence-corrected chi connectivity index (χ3v) is 4.44. The topological polar surface area (TPSA) is 58.4 Å². The van der Waals surface area contributed by atoms with Crippen LogP contribution < -0.4 is 11.1 Å². The van der Waals surface area contributed by atoms with E-state index in [4.69, 9.17) is 5.73 Å². The van der Waals surface area contributed by atoms with Gasteiger partial charge in [-0.1, -0.05) is 48.5 Å². The Balaban J connectivity index is 1.82. The molecule has 0 aromatic heterocycles. The van der Waals surface area contributed by atoms with Crippen LogP contribution in [0.5, 0.6) is 0 Å². The normalized spacial score (nSPS) is 18.0. The van der Waals surface area contributed by atoms with Gasteiger partial charge in [-0.05, 0) is 18.1 Å². The van der Waals surface area contributed by atoms with E-state index < -0.39 is 0 Å². The van der Waals surface area contributed by atoms with Crippen molar-refractivity contribution in [1.82, 2.24) is 10.2 Å². The molecule has 0 bridgehead atoms. The molecule has 4 heteroatoms. The van der Waals surface area contributed by atoms with Crippen molar-refractivity contribution in [1.29, 1.82) is 0 Å². The van der Waals surface area contributed by atoms with E-state index in [2.05, 4.69) is 12.2 Å². The number of hydrogen-bond acceptors (Lipinski definition) is 3. The van der Waals surface area contributed by atoms with Crippen molar-refractivity contribution in [2.45, 2.75) is 19.4 Å². The predicted molar refractivity (Wildman–Crippen MR) is 94.0 cm³/mol. The second kappa shape index (κ2) is 6.84. The molecule has 1 heterocycles. The van der Waals surface area contributed by atoms with Crippen LogP contribution in [0.1, 0.15) is 12.5 Å². The summed E-state index contributed by atoms with van der Waals surface area (Å²) in [6.45, 7) is 4.55. The maximum absolute atomic E-state index is 12.6. The first-order chi connectivity index (χ1) is 11.2. The van der Waals surface area contributed by atoms with Crippen molar-refractivity contribution in [3.05, 3.63) is 54.1 Å². The van der Waals surface area contributed by atoms with Gasteiger partial charge in [0.05, 0.1) is 6.42 Å². The van der Waals surface area contributed by atoms with Crippen LogP contribution in [-0.2, 0) is 11.2 Å². The van der Waals surface area contributed by atoms with Crippen LogP contribution in [0, 0.1) is 0 Å². The van der Waals surface area contributed by atoms with Crippen LogP contribution in [0.3, 0.4) is 0 Å². The van der Waals surface area contributed by atoms with Gasteiger partial charge in [0.15, 0.2) is 0 Å². The summed E-state index contributed by atoms with van der Waals surface area (Å²) >= 11 is 0. The van der Waals surface area contributed by atoms with Gasteiger partial charge in [0, 0.05) is 36.9 Å². The quantitative estimate of drug-likeness (QED) is 0.855. The zero-order chi connectivity index (χ0) is 16.2. The lowest BCUT2D eigenvalue weighted by atomic mass is 9.98. The standard InChI is InChI=1S/C19H23N3O/c1-14-13-21-10-11-22(14)18(23)12-16-8-5-9-17(19(16)20)15-6-3-2-4-7-15/h2-9,14,21H,10-13,20H2,1H3. The monoisotopic (exact) mass is 309 g/mol. The molecule has 2 aromatic rings. The Morgan fingerprint density at radius 2 is 2.00 bits per heavy atom. The Labute approximate surface area is 137 Å². The van der Waals surface area contributed by atoms with Gasteiger partial charge in [0.2, 0.25) is 5.91 Å². The molecule has 1 aliphatic heterocycles. The highest BCUT2D eigenvalue weighted by Crippen LogP contribution is 2.29. The maximum atomic E-state index is 12.6. The number of rotatable bonds is 3. The van der Waals surface area contributed by atoms with Gasteiger partial charge in [-0.2, -0.15) is 0 Å². The summed E-state index contributed by atoms with van der Waals surface area (Å²) in [5.41, 5.74) is 10.0. The van der Waals surface area contributed by atoms with Crippen LogP contribution in [0.2, 0.25) is 0 Å². The fourth-order valence-electron chi connectivity index (χ4n) is 3.11. The zero-order valence-electron chi connectivity index (χ0n) is 13.5. The van der Waals surface area contributed by atoms with Crippen molar-refractivity contribution < 1.29 is 4.79 Å². The molecule has 1 amide bonds. The fraction of sp³-hybridized carbons (Fsp3) is 0.316. The molecule has 1 atom stereocenters. The van der Waals surface area contributed by atoms with Crippen LogP contribution in [-0.4, -0.2) is 36.5 Å². The van der Waals surface area contributed by atoms with Crippen molar-refractivity contribution in [2.24, 2.45) is 0 Å². The summed E-state index contributed by atoms with van der Waals surface area (Å²) in [5.74, 6) is 0.149. The molecule has 0 aliphatic carbocycles. The smallest absolute Gasteiger partial charge is 0.227 e. The number of nitrogen functional groups attached to an aromatic ring is 1. The molecule has 2 aromatic carbocycles. The average molecular weight is 309 g/mol. The number of nitrogens with one attached hydrogen (secondary N) is 1. The highest BCUT2D eigenvalue weighted by Gasteiger charge is 2.23. The number of para-hydroxylation sites is 1. The second-order valence-corrected chi connectivity index (χ2v) is 6.06. The number of amides is 1. The molecule has 4 nitrogen and oxygen atoms in total. The van der Waals surface area contributed by atoms with Crippen LogP contribution >= 0.6 is 0 Å². The summed E-state index contributed by atoms with van der Waals surface area (Å²) in [7, 11) is 0. The van der Waals surface area contributed by atoms with Crippen molar-refractivity contribution in [3.63, 3.8) is 0 Å². The minimum absolute atomic E-state index is 0.149. The molecular formula is C19H23N3O. The van der Waals surface area contributed by atoms with Gasteiger partial charge in [-0.3, -0.25) is 4.79 Å². The molecule has 0 radical (unpaired) electrons. The lowest BCUT2D eigenvalue weighted by Crippen LogP contribution is -2.52. The Hall–Kier alpha value is -2.33. The van der Waals surface area contributed by atoms with Crippen molar-refractivity contribution >= 4 is 11.6 Å². The Kier molecular flexibility index (Phi) is 4.63. The van der Waals surface area contributed by atoms with Gasteiger partial charge in [-0.25, -0.2) is 0 Å². The number of nitrogens with two attached hydrogens (primary N) is 1. The van der Waals surface area contributed by atoms with Gasteiger partial charge in [-0.15, -0.1) is 0 Å². The maximum Gasteiger partial charge on any atom is 0.227 e. The summed E-state index contributed by atoms with van der Waals surface area (Å²) in [5, 5.41) is 3.31. The van der Waals surface area contributed by atoms with Gasteiger partial charge < -0.3 is 16.0 Å². The number of carbonyl (C=O) groups is 1. The molecule has 120 valence electrons. The highest BCUT2D eigenvalue weighted by atomic mass is 16.2. The average Bonchev–Trinajstić information content (AvgIpc) is 2.58. The van der Waals surface area contributed by atoms with E-state index in [0.717, 1.165) is 36.3 Å². The summed E-state index contributed by atoms with van der Waals surface area (Å²) in [6, 6.07) is 16.2. The molecule has 1 saturated heterocycles. The number of hydrogen-bond donors (Lipinski definition) is 2. The van der Waals surface area contributed by atoms with Crippen LogP contribution in [0.25, 0.3) is 11.1 Å². The molecule has 0 spiro atoms. The SMILES string of the molecule is CC1CNCCN1C(=O)Cc1cccc(-c2ccccc2)c1N. The molecular weight excluding hydrogens is 286 g/mol. The third-order valence-electron chi connectivity index (χ3n) is 4.44. The predicted octanol–water partition coefficient (Wildman–Crippen LogP) is 2.30. The largest absolute Gasteiger partial charge is 0.398 e. The summed E-state index contributed by atoms with van der Waals surface area (Å²) < 4.78 is 0. The Morgan fingerprint density at radius 3 is 2.74 bits per heavy atom. The molecule has 23 heavy (non-hydrogen) atoms. The highest BCUT2D eigenvalue weighted by molar-refractivity contribution is 5.85.